The van der Waals surface area contributed by atoms with Gasteiger partial charge in [-0.2, -0.15) is 0 Å². The maximum atomic E-state index is 10.7. The van der Waals surface area contributed by atoms with E-state index in [-0.39, 0.29) is 0 Å². The maximum Gasteiger partial charge on any atom is 0.321 e. The molecule has 0 aliphatic heterocycles. The Hall–Kier alpha value is -2.16. The normalized spacial score (nSPS) is 12.1. The van der Waals surface area contributed by atoms with Crippen LogP contribution in [0.5, 0.6) is 0 Å². The standard InChI is InChI=1S/C8H11NO8/c10-5(11)1-4(8(16)17)9(2-6(12)13)3-7(14)15/h4H,1-3H2,(H,10,11)(H,12,13)(H,14,15)(H,16,17). The van der Waals surface area contributed by atoms with Crippen LogP contribution in [0.1, 0.15) is 6.42 Å². The Labute approximate surface area is 94.9 Å². The van der Waals surface area contributed by atoms with Gasteiger partial charge in [0.15, 0.2) is 0 Å². The second-order valence-corrected chi connectivity index (χ2v) is 3.14. The second-order valence-electron chi connectivity index (χ2n) is 3.14. The van der Waals surface area contributed by atoms with Gasteiger partial charge in [-0.15, -0.1) is 0 Å². The summed E-state index contributed by atoms with van der Waals surface area (Å²) in [6, 6.07) is -1.69. The maximum absolute atomic E-state index is 10.7. The van der Waals surface area contributed by atoms with Crippen molar-refractivity contribution in [3.63, 3.8) is 0 Å². The molecule has 4 N–H and O–H groups in total. The Morgan fingerprint density at radius 1 is 0.824 bits per heavy atom. The summed E-state index contributed by atoms with van der Waals surface area (Å²) < 4.78 is 0. The van der Waals surface area contributed by atoms with E-state index in [1.165, 1.54) is 0 Å². The van der Waals surface area contributed by atoms with Gasteiger partial charge in [-0.1, -0.05) is 0 Å². The molecule has 0 saturated carbocycles. The number of aliphatic carboxylic acids is 4. The van der Waals surface area contributed by atoms with E-state index < -0.39 is 49.4 Å². The highest BCUT2D eigenvalue weighted by atomic mass is 16.4. The Kier molecular flexibility index (Phi) is 5.61. The van der Waals surface area contributed by atoms with Gasteiger partial charge in [0.25, 0.3) is 0 Å². The summed E-state index contributed by atoms with van der Waals surface area (Å²) in [5, 5.41) is 34.2. The molecule has 0 heterocycles. The molecule has 17 heavy (non-hydrogen) atoms. The van der Waals surface area contributed by atoms with Gasteiger partial charge in [-0.3, -0.25) is 24.1 Å². The first-order valence-electron chi connectivity index (χ1n) is 4.36. The van der Waals surface area contributed by atoms with Crippen LogP contribution in [0.4, 0.5) is 0 Å². The second kappa shape index (κ2) is 6.43. The number of hydrogen-bond donors (Lipinski definition) is 4. The molecule has 0 aliphatic rings. The summed E-state index contributed by atoms with van der Waals surface area (Å²) in [5.74, 6) is -5.93. The topological polar surface area (TPSA) is 152 Å². The predicted molar refractivity (Wildman–Crippen MR) is 50.5 cm³/mol. The molecule has 0 rings (SSSR count). The Morgan fingerprint density at radius 2 is 1.24 bits per heavy atom. The van der Waals surface area contributed by atoms with Gasteiger partial charge in [-0.25, -0.2) is 0 Å². The van der Waals surface area contributed by atoms with Gasteiger partial charge < -0.3 is 20.4 Å². The van der Waals surface area contributed by atoms with Gasteiger partial charge in [0.2, 0.25) is 0 Å². The third kappa shape index (κ3) is 6.10. The SMILES string of the molecule is O=C(O)CC(C(=O)O)N(CC(=O)O)CC(=O)O. The lowest BCUT2D eigenvalue weighted by Crippen LogP contribution is -2.47. The van der Waals surface area contributed by atoms with E-state index in [2.05, 4.69) is 0 Å². The van der Waals surface area contributed by atoms with E-state index in [4.69, 9.17) is 20.4 Å². The van der Waals surface area contributed by atoms with Crippen molar-refractivity contribution in [3.05, 3.63) is 0 Å². The molecule has 96 valence electrons. The van der Waals surface area contributed by atoms with E-state index in [9.17, 15) is 19.2 Å². The Balaban J connectivity index is 4.91. The molecule has 0 aromatic rings. The Morgan fingerprint density at radius 3 is 1.47 bits per heavy atom. The minimum atomic E-state index is -1.69. The van der Waals surface area contributed by atoms with Crippen LogP contribution in [0.25, 0.3) is 0 Å². The molecule has 0 radical (unpaired) electrons. The molecule has 9 nitrogen and oxygen atoms in total. The number of hydrogen-bond acceptors (Lipinski definition) is 5. The van der Waals surface area contributed by atoms with Gasteiger partial charge in [0.05, 0.1) is 19.5 Å². The fourth-order valence-corrected chi connectivity index (χ4v) is 1.16. The molecular formula is C8H11NO8. The fourth-order valence-electron chi connectivity index (χ4n) is 1.16. The van der Waals surface area contributed by atoms with Crippen LogP contribution in [0.2, 0.25) is 0 Å². The molecular weight excluding hydrogens is 238 g/mol. The van der Waals surface area contributed by atoms with Crippen molar-refractivity contribution in [2.45, 2.75) is 12.5 Å². The molecule has 0 aromatic heterocycles. The predicted octanol–water partition coefficient (Wildman–Crippen LogP) is -1.61. The Bertz CT molecular complexity index is 322. The van der Waals surface area contributed by atoms with Crippen molar-refractivity contribution in [3.8, 4) is 0 Å². The van der Waals surface area contributed by atoms with Crippen LogP contribution in [-0.4, -0.2) is 68.3 Å². The number of carboxylic acid groups (broad SMARTS) is 4. The van der Waals surface area contributed by atoms with E-state index in [0.717, 1.165) is 0 Å². The highest BCUT2D eigenvalue weighted by Gasteiger charge is 2.30. The number of carboxylic acids is 4. The summed E-state index contributed by atoms with van der Waals surface area (Å²) in [4.78, 5) is 42.6. The van der Waals surface area contributed by atoms with E-state index in [0.29, 0.717) is 4.90 Å². The van der Waals surface area contributed by atoms with Crippen LogP contribution in [-0.2, 0) is 19.2 Å². The highest BCUT2D eigenvalue weighted by molar-refractivity contribution is 5.82. The molecule has 1 unspecified atom stereocenters. The lowest BCUT2D eigenvalue weighted by atomic mass is 10.1. The first kappa shape index (κ1) is 14.8. The van der Waals surface area contributed by atoms with Crippen LogP contribution < -0.4 is 0 Å². The minimum Gasteiger partial charge on any atom is -0.481 e. The molecule has 0 bridgehead atoms. The lowest BCUT2D eigenvalue weighted by molar-refractivity contribution is -0.154. The van der Waals surface area contributed by atoms with Gasteiger partial charge >= 0.3 is 23.9 Å². The average molecular weight is 249 g/mol. The van der Waals surface area contributed by atoms with E-state index in [1.54, 1.807) is 0 Å². The van der Waals surface area contributed by atoms with Gasteiger partial charge in [0.1, 0.15) is 6.04 Å². The van der Waals surface area contributed by atoms with Crippen LogP contribution in [0.15, 0.2) is 0 Å². The third-order valence-corrected chi connectivity index (χ3v) is 1.77. The lowest BCUT2D eigenvalue weighted by Gasteiger charge is -2.24. The monoisotopic (exact) mass is 249 g/mol. The van der Waals surface area contributed by atoms with Crippen molar-refractivity contribution < 1.29 is 39.6 Å². The number of rotatable bonds is 8. The number of carbonyl (C=O) groups is 4. The van der Waals surface area contributed by atoms with Crippen molar-refractivity contribution in [1.29, 1.82) is 0 Å². The summed E-state index contributed by atoms with van der Waals surface area (Å²) in [6.07, 6.45) is -0.879. The smallest absolute Gasteiger partial charge is 0.321 e. The quantitative estimate of drug-likeness (QED) is 0.397. The van der Waals surface area contributed by atoms with Crippen molar-refractivity contribution in [2.24, 2.45) is 0 Å². The van der Waals surface area contributed by atoms with E-state index >= 15 is 0 Å². The van der Waals surface area contributed by atoms with Gasteiger partial charge in [0, 0.05) is 0 Å². The zero-order valence-electron chi connectivity index (χ0n) is 8.57. The molecule has 9 heteroatoms. The van der Waals surface area contributed by atoms with Gasteiger partial charge in [-0.05, 0) is 0 Å². The van der Waals surface area contributed by atoms with Crippen molar-refractivity contribution >= 4 is 23.9 Å². The van der Waals surface area contributed by atoms with Crippen LogP contribution >= 0.6 is 0 Å². The first-order chi connectivity index (χ1) is 7.73. The highest BCUT2D eigenvalue weighted by Crippen LogP contribution is 2.05. The first-order valence-corrected chi connectivity index (χ1v) is 4.36. The molecule has 0 saturated heterocycles. The zero-order valence-corrected chi connectivity index (χ0v) is 8.57. The molecule has 0 amide bonds. The largest absolute Gasteiger partial charge is 0.481 e. The molecule has 1 atom stereocenters. The van der Waals surface area contributed by atoms with E-state index in [1.807, 2.05) is 0 Å². The fraction of sp³-hybridized carbons (Fsp3) is 0.500. The summed E-state index contributed by atoms with van der Waals surface area (Å²) in [6.45, 7) is -1.73. The van der Waals surface area contributed by atoms with Crippen LogP contribution in [0, 0.1) is 0 Å². The van der Waals surface area contributed by atoms with Crippen molar-refractivity contribution in [1.82, 2.24) is 4.90 Å². The number of nitrogens with zero attached hydrogens (tertiary/aromatic N) is 1. The minimum absolute atomic E-state index is 0.557. The summed E-state index contributed by atoms with van der Waals surface area (Å²) in [7, 11) is 0. The molecule has 0 aromatic carbocycles. The van der Waals surface area contributed by atoms with Crippen LogP contribution in [0.3, 0.4) is 0 Å². The summed E-state index contributed by atoms with van der Waals surface area (Å²) in [5.41, 5.74) is 0. The molecule has 0 spiro atoms. The molecule has 0 fully saturated rings. The average Bonchev–Trinajstić information content (AvgIpc) is 2.10. The zero-order chi connectivity index (χ0) is 13.6. The summed E-state index contributed by atoms with van der Waals surface area (Å²) >= 11 is 0. The third-order valence-electron chi connectivity index (χ3n) is 1.77. The molecule has 0 aliphatic carbocycles. The van der Waals surface area contributed by atoms with Crippen molar-refractivity contribution in [2.75, 3.05) is 13.1 Å².